The van der Waals surface area contributed by atoms with Crippen molar-refractivity contribution in [2.45, 2.75) is 48.4 Å². The average Bonchev–Trinajstić information content (AvgIpc) is 3.46. The van der Waals surface area contributed by atoms with Gasteiger partial charge in [0.2, 0.25) is 11.8 Å². The standard InChI is InChI=1S/C31H31BrClN3O3S/c1-20-4-11-24(12-5-20)40-31(30(39)34-14-2-3-15-37)17-28(38)36(19-21-6-8-22(32)9-7-21)29(31)26-18-35-27-16-23(33)10-13-25(26)27/h4-13,16,18,29,35,37H,2-3,14-15,17,19H2,1H3,(H,34,39)/t29-,31-/m0/s1. The molecule has 5 rings (SSSR count). The number of fused-ring (bicyclic) bond motifs is 1. The molecule has 2 atom stereocenters. The summed E-state index contributed by atoms with van der Waals surface area (Å²) in [6.07, 6.45) is 3.21. The van der Waals surface area contributed by atoms with E-state index in [-0.39, 0.29) is 24.8 Å². The molecule has 2 amide bonds. The molecule has 0 spiro atoms. The molecule has 3 aromatic carbocycles. The number of carbonyl (C=O) groups is 2. The molecule has 1 aromatic heterocycles. The molecule has 3 N–H and O–H groups in total. The topological polar surface area (TPSA) is 85.4 Å². The van der Waals surface area contributed by atoms with Gasteiger partial charge in [0.1, 0.15) is 4.75 Å². The summed E-state index contributed by atoms with van der Waals surface area (Å²) >= 11 is 11.2. The van der Waals surface area contributed by atoms with E-state index in [0.29, 0.717) is 31.0 Å². The van der Waals surface area contributed by atoms with Crippen molar-refractivity contribution >= 4 is 62.0 Å². The van der Waals surface area contributed by atoms with Gasteiger partial charge in [0.15, 0.2) is 0 Å². The summed E-state index contributed by atoms with van der Waals surface area (Å²) in [5, 5.41) is 13.9. The third kappa shape index (κ3) is 5.96. The Hall–Kier alpha value is -2.78. The summed E-state index contributed by atoms with van der Waals surface area (Å²) in [7, 11) is 0. The lowest BCUT2D eigenvalue weighted by Crippen LogP contribution is -2.48. The number of carbonyl (C=O) groups excluding carboxylic acids is 2. The number of aliphatic hydroxyl groups excluding tert-OH is 1. The molecule has 4 aromatic rings. The van der Waals surface area contributed by atoms with Crippen LogP contribution in [0.2, 0.25) is 5.02 Å². The lowest BCUT2D eigenvalue weighted by Gasteiger charge is -2.36. The van der Waals surface area contributed by atoms with Crippen molar-refractivity contribution in [3.8, 4) is 0 Å². The molecule has 1 aliphatic rings. The number of likely N-dealkylation sites (tertiary alicyclic amines) is 1. The SMILES string of the molecule is Cc1ccc(S[C@@]2(C(=O)NCCCCO)CC(=O)N(Cc3ccc(Br)cc3)[C@H]2c2c[nH]c3cc(Cl)ccc23)cc1. The highest BCUT2D eigenvalue weighted by atomic mass is 79.9. The molecule has 0 bridgehead atoms. The Balaban J connectivity index is 1.64. The fourth-order valence-corrected chi connectivity index (χ4v) is 7.15. The van der Waals surface area contributed by atoms with E-state index in [9.17, 15) is 14.7 Å². The number of hydrogen-bond acceptors (Lipinski definition) is 4. The van der Waals surface area contributed by atoms with Crippen LogP contribution in [0, 0.1) is 6.92 Å². The predicted octanol–water partition coefficient (Wildman–Crippen LogP) is 6.79. The third-order valence-corrected chi connectivity index (χ3v) is 9.49. The first-order chi connectivity index (χ1) is 19.3. The van der Waals surface area contributed by atoms with Crippen LogP contribution in [0.15, 0.2) is 82.3 Å². The zero-order valence-corrected chi connectivity index (χ0v) is 25.3. The van der Waals surface area contributed by atoms with Crippen LogP contribution < -0.4 is 5.32 Å². The molecule has 6 nitrogen and oxygen atoms in total. The van der Waals surface area contributed by atoms with Crippen molar-refractivity contribution in [1.82, 2.24) is 15.2 Å². The van der Waals surface area contributed by atoms with Gasteiger partial charge in [0, 0.05) is 56.8 Å². The highest BCUT2D eigenvalue weighted by Gasteiger charge is 2.58. The minimum atomic E-state index is -1.13. The molecule has 208 valence electrons. The molecular weight excluding hydrogens is 610 g/mol. The van der Waals surface area contributed by atoms with Gasteiger partial charge in [-0.25, -0.2) is 0 Å². The van der Waals surface area contributed by atoms with Crippen molar-refractivity contribution in [2.75, 3.05) is 13.2 Å². The van der Waals surface area contributed by atoms with Crippen molar-refractivity contribution in [3.63, 3.8) is 0 Å². The predicted molar refractivity (Wildman–Crippen MR) is 164 cm³/mol. The van der Waals surface area contributed by atoms with Crippen molar-refractivity contribution in [3.05, 3.63) is 99.1 Å². The van der Waals surface area contributed by atoms with Crippen LogP contribution in [0.1, 0.15) is 42.0 Å². The number of benzene rings is 3. The molecule has 1 fully saturated rings. The zero-order chi connectivity index (χ0) is 28.3. The fraction of sp³-hybridized carbons (Fsp3) is 0.290. The maximum absolute atomic E-state index is 14.3. The first kappa shape index (κ1) is 28.7. The Morgan fingerprint density at radius 2 is 1.90 bits per heavy atom. The minimum absolute atomic E-state index is 0.0544. The summed E-state index contributed by atoms with van der Waals surface area (Å²) in [4.78, 5) is 34.3. The summed E-state index contributed by atoms with van der Waals surface area (Å²) in [5.74, 6) is -0.266. The normalized spacial score (nSPS) is 18.9. The third-order valence-electron chi connectivity index (χ3n) is 7.30. The number of H-pyrrole nitrogens is 1. The van der Waals surface area contributed by atoms with Crippen LogP contribution >= 0.6 is 39.3 Å². The number of aromatic amines is 1. The molecule has 9 heteroatoms. The average molecular weight is 641 g/mol. The van der Waals surface area contributed by atoms with E-state index in [1.54, 1.807) is 0 Å². The van der Waals surface area contributed by atoms with Gasteiger partial charge in [-0.3, -0.25) is 9.59 Å². The fourth-order valence-electron chi connectivity index (χ4n) is 5.30. The number of aryl methyl sites for hydroxylation is 1. The summed E-state index contributed by atoms with van der Waals surface area (Å²) in [5.41, 5.74) is 3.82. The second kappa shape index (κ2) is 12.4. The quantitative estimate of drug-likeness (QED) is 0.167. The van der Waals surface area contributed by atoms with E-state index in [4.69, 9.17) is 11.6 Å². The highest BCUT2D eigenvalue weighted by molar-refractivity contribution is 9.10. The number of unbranched alkanes of at least 4 members (excludes halogenated alkanes) is 1. The number of amides is 2. The van der Waals surface area contributed by atoms with E-state index in [2.05, 4.69) is 26.2 Å². The molecule has 0 saturated carbocycles. The van der Waals surface area contributed by atoms with E-state index in [0.717, 1.165) is 37.0 Å². The number of aromatic nitrogens is 1. The largest absolute Gasteiger partial charge is 0.396 e. The van der Waals surface area contributed by atoms with Crippen LogP contribution in [0.4, 0.5) is 0 Å². The van der Waals surface area contributed by atoms with Crippen LogP contribution in [0.3, 0.4) is 0 Å². The van der Waals surface area contributed by atoms with Gasteiger partial charge in [-0.2, -0.15) is 0 Å². The Morgan fingerprint density at radius 3 is 2.62 bits per heavy atom. The van der Waals surface area contributed by atoms with Crippen LogP contribution in [0.25, 0.3) is 10.9 Å². The molecule has 0 unspecified atom stereocenters. The molecule has 1 aliphatic heterocycles. The number of halogens is 2. The van der Waals surface area contributed by atoms with E-state index in [1.165, 1.54) is 11.8 Å². The molecule has 0 aliphatic carbocycles. The summed E-state index contributed by atoms with van der Waals surface area (Å²) in [6.45, 7) is 2.88. The van der Waals surface area contributed by atoms with Gasteiger partial charge >= 0.3 is 0 Å². The number of nitrogens with one attached hydrogen (secondary N) is 2. The van der Waals surface area contributed by atoms with Gasteiger partial charge < -0.3 is 20.3 Å². The second-order valence-electron chi connectivity index (χ2n) is 10.2. The van der Waals surface area contributed by atoms with E-state index in [1.807, 2.05) is 84.8 Å². The molecule has 1 saturated heterocycles. The molecule has 2 heterocycles. The molecular formula is C31H31BrClN3O3S. The van der Waals surface area contributed by atoms with Crippen molar-refractivity contribution in [2.24, 2.45) is 0 Å². The lowest BCUT2D eigenvalue weighted by atomic mass is 9.91. The summed E-state index contributed by atoms with van der Waals surface area (Å²) < 4.78 is -0.170. The zero-order valence-electron chi connectivity index (χ0n) is 22.1. The summed E-state index contributed by atoms with van der Waals surface area (Å²) in [6, 6.07) is 21.1. The lowest BCUT2D eigenvalue weighted by molar-refractivity contribution is -0.129. The van der Waals surface area contributed by atoms with Crippen LogP contribution in [0.5, 0.6) is 0 Å². The number of nitrogens with zero attached hydrogens (tertiary/aromatic N) is 1. The Kier molecular flexibility index (Phi) is 8.90. The smallest absolute Gasteiger partial charge is 0.239 e. The second-order valence-corrected chi connectivity index (χ2v) is 12.9. The number of rotatable bonds is 10. The van der Waals surface area contributed by atoms with Gasteiger partial charge in [0.25, 0.3) is 0 Å². The van der Waals surface area contributed by atoms with Gasteiger partial charge in [-0.15, -0.1) is 11.8 Å². The Labute approximate surface area is 251 Å². The van der Waals surface area contributed by atoms with Crippen molar-refractivity contribution < 1.29 is 14.7 Å². The monoisotopic (exact) mass is 639 g/mol. The maximum atomic E-state index is 14.3. The van der Waals surface area contributed by atoms with Gasteiger partial charge in [0.05, 0.1) is 12.5 Å². The van der Waals surface area contributed by atoms with E-state index >= 15 is 0 Å². The van der Waals surface area contributed by atoms with Crippen molar-refractivity contribution in [1.29, 1.82) is 0 Å². The minimum Gasteiger partial charge on any atom is -0.396 e. The van der Waals surface area contributed by atoms with Gasteiger partial charge in [-0.05, 0) is 61.7 Å². The first-order valence-corrected chi connectivity index (χ1v) is 15.2. The van der Waals surface area contributed by atoms with Gasteiger partial charge in [-0.1, -0.05) is 63.4 Å². The van der Waals surface area contributed by atoms with Crippen LogP contribution in [-0.4, -0.2) is 44.7 Å². The maximum Gasteiger partial charge on any atom is 0.239 e. The van der Waals surface area contributed by atoms with E-state index < -0.39 is 10.8 Å². The molecule has 40 heavy (non-hydrogen) atoms. The number of aliphatic hydroxyl groups is 1. The van der Waals surface area contributed by atoms with Crippen LogP contribution in [-0.2, 0) is 16.1 Å². The Bertz CT molecular complexity index is 1510. The first-order valence-electron chi connectivity index (χ1n) is 13.3. The molecule has 0 radical (unpaired) electrons. The number of thioether (sulfide) groups is 1. The highest BCUT2D eigenvalue weighted by Crippen LogP contribution is 2.54. The Morgan fingerprint density at radius 1 is 1.15 bits per heavy atom. The number of hydrogen-bond donors (Lipinski definition) is 3.